The van der Waals surface area contributed by atoms with E-state index in [-0.39, 0.29) is 17.5 Å². The van der Waals surface area contributed by atoms with Crippen LogP contribution in [0.2, 0.25) is 0 Å². The van der Waals surface area contributed by atoms with Crippen LogP contribution in [0.3, 0.4) is 0 Å². The maximum absolute atomic E-state index is 13.5. The van der Waals surface area contributed by atoms with Crippen molar-refractivity contribution >= 4 is 28.1 Å². The topological polar surface area (TPSA) is 68.3 Å². The molecular formula is C24H25N3O3S. The number of hydrogen-bond acceptors (Lipinski definition) is 5. The highest BCUT2D eigenvalue weighted by molar-refractivity contribution is 7.12. The van der Waals surface area contributed by atoms with E-state index in [1.807, 2.05) is 61.7 Å². The molecule has 31 heavy (non-hydrogen) atoms. The molecule has 3 heterocycles. The van der Waals surface area contributed by atoms with Gasteiger partial charge in [-0.3, -0.25) is 14.2 Å². The first-order valence-corrected chi connectivity index (χ1v) is 11.4. The Kier molecular flexibility index (Phi) is 6.32. The van der Waals surface area contributed by atoms with Crippen molar-refractivity contribution in [1.82, 2.24) is 14.5 Å². The third-order valence-corrected chi connectivity index (χ3v) is 6.16. The van der Waals surface area contributed by atoms with E-state index in [1.54, 1.807) is 21.8 Å². The first kappa shape index (κ1) is 21.1. The maximum Gasteiger partial charge on any atom is 0.264 e. The average Bonchev–Trinajstić information content (AvgIpc) is 3.50. The van der Waals surface area contributed by atoms with Crippen LogP contribution in [0, 0.1) is 0 Å². The molecule has 0 radical (unpaired) electrons. The summed E-state index contributed by atoms with van der Waals surface area (Å²) < 4.78 is 7.28. The summed E-state index contributed by atoms with van der Waals surface area (Å²) in [6, 6.07) is 14.4. The van der Waals surface area contributed by atoms with Gasteiger partial charge in [-0.25, -0.2) is 4.98 Å². The van der Waals surface area contributed by atoms with Crippen molar-refractivity contribution < 1.29 is 9.21 Å². The Balaban J connectivity index is 1.87. The van der Waals surface area contributed by atoms with E-state index in [1.165, 1.54) is 11.3 Å². The Labute approximate surface area is 184 Å². The van der Waals surface area contributed by atoms with E-state index >= 15 is 0 Å². The summed E-state index contributed by atoms with van der Waals surface area (Å²) >= 11 is 1.40. The summed E-state index contributed by atoms with van der Waals surface area (Å²) in [7, 11) is 0. The molecule has 3 aromatic heterocycles. The third kappa shape index (κ3) is 4.18. The Hall–Kier alpha value is -3.19. The molecule has 0 N–H and O–H groups in total. The van der Waals surface area contributed by atoms with Crippen LogP contribution < -0.4 is 5.56 Å². The Morgan fingerprint density at radius 2 is 2.00 bits per heavy atom. The van der Waals surface area contributed by atoms with E-state index in [2.05, 4.69) is 0 Å². The van der Waals surface area contributed by atoms with Crippen LogP contribution in [0.4, 0.5) is 0 Å². The molecule has 0 saturated carbocycles. The highest BCUT2D eigenvalue weighted by atomic mass is 32.1. The summed E-state index contributed by atoms with van der Waals surface area (Å²) in [5, 5.41) is 2.48. The fourth-order valence-corrected chi connectivity index (χ4v) is 4.54. The molecular weight excluding hydrogens is 410 g/mol. The van der Waals surface area contributed by atoms with Crippen LogP contribution in [0.25, 0.3) is 10.9 Å². The largest absolute Gasteiger partial charge is 0.467 e. The average molecular weight is 436 g/mol. The minimum absolute atomic E-state index is 0.0672. The summed E-state index contributed by atoms with van der Waals surface area (Å²) in [5.74, 6) is 1.21. The predicted octanol–water partition coefficient (Wildman–Crippen LogP) is 5.25. The number of furan rings is 1. The van der Waals surface area contributed by atoms with Gasteiger partial charge in [0, 0.05) is 6.54 Å². The van der Waals surface area contributed by atoms with E-state index in [0.717, 1.165) is 6.42 Å². The first-order valence-electron chi connectivity index (χ1n) is 10.5. The lowest BCUT2D eigenvalue weighted by atomic mass is 10.1. The zero-order valence-electron chi connectivity index (χ0n) is 17.7. The minimum atomic E-state index is -0.372. The highest BCUT2D eigenvalue weighted by Crippen LogP contribution is 2.29. The normalized spacial score (nSPS) is 12.2. The molecule has 160 valence electrons. The zero-order chi connectivity index (χ0) is 21.8. The smallest absolute Gasteiger partial charge is 0.264 e. The SMILES string of the molecule is CCCn1c(C(CC)N(Cc2ccco2)C(=O)c2cccs2)nc2ccccc2c1=O. The number of aromatic nitrogens is 2. The summed E-state index contributed by atoms with van der Waals surface area (Å²) in [4.78, 5) is 34.1. The molecule has 4 rings (SSSR count). The standard InChI is InChI=1S/C24H25N3O3S/c1-3-13-26-22(25-19-11-6-5-10-18(19)23(26)28)20(4-2)27(16-17-9-7-14-30-17)24(29)21-12-8-15-31-21/h5-12,14-15,20H,3-4,13,16H2,1-2H3. The van der Waals surface area contributed by atoms with Crippen LogP contribution in [0.1, 0.15) is 54.0 Å². The second-order valence-corrected chi connectivity index (χ2v) is 8.31. The highest BCUT2D eigenvalue weighted by Gasteiger charge is 2.30. The second kappa shape index (κ2) is 9.31. The molecule has 1 aromatic carbocycles. The molecule has 0 aliphatic rings. The number of hydrogen-bond donors (Lipinski definition) is 0. The Morgan fingerprint density at radius 1 is 1.16 bits per heavy atom. The van der Waals surface area contributed by atoms with Crippen LogP contribution in [-0.2, 0) is 13.1 Å². The molecule has 0 saturated heterocycles. The number of carbonyl (C=O) groups is 1. The van der Waals surface area contributed by atoms with Crippen LogP contribution in [0.15, 0.2) is 69.4 Å². The molecule has 0 aliphatic heterocycles. The molecule has 6 nitrogen and oxygen atoms in total. The lowest BCUT2D eigenvalue weighted by Gasteiger charge is -2.31. The van der Waals surface area contributed by atoms with Gasteiger partial charge >= 0.3 is 0 Å². The van der Waals surface area contributed by atoms with Gasteiger partial charge in [0.25, 0.3) is 11.5 Å². The lowest BCUT2D eigenvalue weighted by Crippen LogP contribution is -2.38. The van der Waals surface area contributed by atoms with Gasteiger partial charge in [0.15, 0.2) is 0 Å². The molecule has 0 bridgehead atoms. The van der Waals surface area contributed by atoms with Crippen molar-refractivity contribution in [3.8, 4) is 0 Å². The Morgan fingerprint density at radius 3 is 2.68 bits per heavy atom. The van der Waals surface area contributed by atoms with E-state index in [0.29, 0.717) is 46.9 Å². The summed E-state index contributed by atoms with van der Waals surface area (Å²) in [6.45, 7) is 4.89. The molecule has 1 unspecified atom stereocenters. The summed E-state index contributed by atoms with van der Waals surface area (Å²) in [6.07, 6.45) is 3.01. The number of thiophene rings is 1. The molecule has 0 fully saturated rings. The molecule has 1 atom stereocenters. The molecule has 0 spiro atoms. The maximum atomic E-state index is 13.5. The molecule has 0 aliphatic carbocycles. The van der Waals surface area contributed by atoms with E-state index in [4.69, 9.17) is 9.40 Å². The third-order valence-electron chi connectivity index (χ3n) is 5.30. The van der Waals surface area contributed by atoms with Crippen LogP contribution >= 0.6 is 11.3 Å². The molecule has 1 amide bonds. The molecule has 4 aromatic rings. The van der Waals surface area contributed by atoms with Crippen molar-refractivity contribution in [2.24, 2.45) is 0 Å². The minimum Gasteiger partial charge on any atom is -0.467 e. The fourth-order valence-electron chi connectivity index (χ4n) is 3.86. The van der Waals surface area contributed by atoms with Gasteiger partial charge in [-0.2, -0.15) is 0 Å². The van der Waals surface area contributed by atoms with Crippen LogP contribution in [0.5, 0.6) is 0 Å². The fraction of sp³-hybridized carbons (Fsp3) is 0.292. The van der Waals surface area contributed by atoms with Crippen molar-refractivity contribution in [3.63, 3.8) is 0 Å². The van der Waals surface area contributed by atoms with Crippen molar-refractivity contribution in [2.75, 3.05) is 0 Å². The van der Waals surface area contributed by atoms with Gasteiger partial charge in [0.05, 0.1) is 34.6 Å². The van der Waals surface area contributed by atoms with Gasteiger partial charge in [0.1, 0.15) is 11.6 Å². The number of para-hydroxylation sites is 1. The number of benzene rings is 1. The van der Waals surface area contributed by atoms with Crippen molar-refractivity contribution in [1.29, 1.82) is 0 Å². The monoisotopic (exact) mass is 435 g/mol. The second-order valence-electron chi connectivity index (χ2n) is 7.36. The van der Waals surface area contributed by atoms with Crippen molar-refractivity contribution in [2.45, 2.75) is 45.8 Å². The van der Waals surface area contributed by atoms with Crippen molar-refractivity contribution in [3.05, 3.63) is 87.0 Å². The number of carbonyl (C=O) groups excluding carboxylic acids is 1. The first-order chi connectivity index (χ1) is 15.1. The number of rotatable bonds is 8. The van der Waals surface area contributed by atoms with E-state index < -0.39 is 0 Å². The van der Waals surface area contributed by atoms with Crippen LogP contribution in [-0.4, -0.2) is 20.4 Å². The zero-order valence-corrected chi connectivity index (χ0v) is 18.5. The summed E-state index contributed by atoms with van der Waals surface area (Å²) in [5.41, 5.74) is 0.581. The molecule has 7 heteroatoms. The number of fused-ring (bicyclic) bond motifs is 1. The van der Waals surface area contributed by atoms with Gasteiger partial charge < -0.3 is 9.32 Å². The van der Waals surface area contributed by atoms with Gasteiger partial charge in [-0.1, -0.05) is 32.0 Å². The van der Waals surface area contributed by atoms with E-state index in [9.17, 15) is 9.59 Å². The Bertz CT molecular complexity index is 1210. The van der Waals surface area contributed by atoms with Gasteiger partial charge in [0.2, 0.25) is 0 Å². The predicted molar refractivity (Wildman–Crippen MR) is 122 cm³/mol. The lowest BCUT2D eigenvalue weighted by molar-refractivity contribution is 0.0626. The number of amides is 1. The number of nitrogens with zero attached hydrogens (tertiary/aromatic N) is 3. The van der Waals surface area contributed by atoms with Gasteiger partial charge in [-0.15, -0.1) is 11.3 Å². The van der Waals surface area contributed by atoms with Gasteiger partial charge in [-0.05, 0) is 48.6 Å². The quantitative estimate of drug-likeness (QED) is 0.379.